The van der Waals surface area contributed by atoms with Crippen LogP contribution in [0.2, 0.25) is 5.02 Å². The first-order valence-corrected chi connectivity index (χ1v) is 14.0. The largest absolute Gasteiger partial charge is 0.478 e. The zero-order chi connectivity index (χ0) is 28.4. The number of rotatable bonds is 9. The van der Waals surface area contributed by atoms with Crippen molar-refractivity contribution >= 4 is 29.2 Å². The van der Waals surface area contributed by atoms with Gasteiger partial charge in [-0.2, -0.15) is 0 Å². The summed E-state index contributed by atoms with van der Waals surface area (Å²) in [4.78, 5) is 32.6. The third-order valence-corrected chi connectivity index (χ3v) is 7.95. The van der Waals surface area contributed by atoms with Crippen LogP contribution >= 0.6 is 11.6 Å². The molecule has 6 heteroatoms. The van der Waals surface area contributed by atoms with E-state index in [2.05, 4.69) is 48.5 Å². The Labute approximate surface area is 233 Å². The van der Waals surface area contributed by atoms with Crippen molar-refractivity contribution in [2.24, 2.45) is 21.7 Å². The van der Waals surface area contributed by atoms with Crippen LogP contribution in [0.3, 0.4) is 0 Å². The summed E-state index contributed by atoms with van der Waals surface area (Å²) in [6, 6.07) is 12.4. The third-order valence-electron chi connectivity index (χ3n) is 7.73. The van der Waals surface area contributed by atoms with Gasteiger partial charge in [0.15, 0.2) is 0 Å². The summed E-state index contributed by atoms with van der Waals surface area (Å²) in [5, 5.41) is 10.0. The van der Waals surface area contributed by atoms with Gasteiger partial charge in [-0.1, -0.05) is 72.2 Å². The number of amides is 1. The molecule has 1 amide bonds. The van der Waals surface area contributed by atoms with Crippen LogP contribution in [0.1, 0.15) is 107 Å². The maximum absolute atomic E-state index is 14.2. The van der Waals surface area contributed by atoms with Gasteiger partial charge in [-0.15, -0.1) is 0 Å². The number of halogens is 1. The van der Waals surface area contributed by atoms with Gasteiger partial charge in [-0.3, -0.25) is 9.79 Å². The first-order chi connectivity index (χ1) is 17.6. The summed E-state index contributed by atoms with van der Waals surface area (Å²) in [7, 11) is 0. The highest BCUT2D eigenvalue weighted by Gasteiger charge is 2.40. The molecule has 2 aromatic carbocycles. The fourth-order valence-electron chi connectivity index (χ4n) is 4.86. The molecule has 0 saturated carbocycles. The zero-order valence-electron chi connectivity index (χ0n) is 24.1. The van der Waals surface area contributed by atoms with Crippen molar-refractivity contribution in [1.82, 2.24) is 4.90 Å². The molecule has 5 nitrogen and oxygen atoms in total. The third kappa shape index (κ3) is 7.47. The quantitative estimate of drug-likeness (QED) is 0.349. The van der Waals surface area contributed by atoms with E-state index in [1.165, 1.54) is 0 Å². The number of carbonyl (C=O) groups is 2. The maximum atomic E-state index is 14.2. The van der Waals surface area contributed by atoms with E-state index in [0.717, 1.165) is 42.4 Å². The Bertz CT molecular complexity index is 1170. The van der Waals surface area contributed by atoms with Crippen LogP contribution in [0.15, 0.2) is 47.5 Å². The minimum atomic E-state index is -0.962. The van der Waals surface area contributed by atoms with Gasteiger partial charge >= 0.3 is 5.97 Å². The van der Waals surface area contributed by atoms with Crippen LogP contribution in [0.5, 0.6) is 0 Å². The highest BCUT2D eigenvalue weighted by molar-refractivity contribution is 6.47. The molecule has 0 bridgehead atoms. The van der Waals surface area contributed by atoms with Crippen molar-refractivity contribution in [2.45, 2.75) is 93.3 Å². The molecule has 38 heavy (non-hydrogen) atoms. The molecule has 206 valence electrons. The van der Waals surface area contributed by atoms with E-state index < -0.39 is 5.97 Å². The Hall–Kier alpha value is -2.66. The Balaban J connectivity index is 2.06. The lowest BCUT2D eigenvalue weighted by Gasteiger charge is -2.35. The summed E-state index contributed by atoms with van der Waals surface area (Å²) < 4.78 is 0. The molecule has 0 saturated heterocycles. The summed E-state index contributed by atoms with van der Waals surface area (Å²) in [5.41, 5.74) is 3.57. The molecule has 1 N–H and O–H groups in total. The smallest absolute Gasteiger partial charge is 0.335 e. The van der Waals surface area contributed by atoms with E-state index in [0.29, 0.717) is 16.7 Å². The molecule has 3 atom stereocenters. The average Bonchev–Trinajstić information content (AvgIpc) is 3.12. The van der Waals surface area contributed by atoms with Crippen LogP contribution in [0.25, 0.3) is 0 Å². The molecular formula is C32H43ClN2O3. The van der Waals surface area contributed by atoms with Gasteiger partial charge in [0.2, 0.25) is 0 Å². The van der Waals surface area contributed by atoms with Crippen molar-refractivity contribution in [3.63, 3.8) is 0 Å². The number of hydrogen-bond donors (Lipinski definition) is 1. The average molecular weight is 539 g/mol. The minimum Gasteiger partial charge on any atom is -0.478 e. The van der Waals surface area contributed by atoms with E-state index in [9.17, 15) is 14.7 Å². The van der Waals surface area contributed by atoms with Crippen LogP contribution in [-0.4, -0.2) is 33.8 Å². The standard InChI is InChI=1S/C32H43ClN2O3/c1-20-17-24(19-25(33)18-20)28-29(36)35(27(34-28)14-9-21(2)32(6,7)8)26(15-16-31(3,4)5)22-10-12-23(13-11-22)30(37)38/h10-13,17-19,21,26-27H,9,14-16H2,1-8H3,(H,37,38). The lowest BCUT2D eigenvalue weighted by atomic mass is 9.79. The van der Waals surface area contributed by atoms with Crippen molar-refractivity contribution in [2.75, 3.05) is 0 Å². The van der Waals surface area contributed by atoms with Crippen molar-refractivity contribution in [3.05, 3.63) is 69.7 Å². The van der Waals surface area contributed by atoms with E-state index in [-0.39, 0.29) is 34.5 Å². The molecule has 0 radical (unpaired) electrons. The predicted molar refractivity (Wildman–Crippen MR) is 156 cm³/mol. The molecule has 3 unspecified atom stereocenters. The Morgan fingerprint density at radius 3 is 2.21 bits per heavy atom. The molecule has 0 spiro atoms. The lowest BCUT2D eigenvalue weighted by molar-refractivity contribution is -0.127. The number of aromatic carboxylic acids is 1. The molecule has 0 aromatic heterocycles. The molecule has 0 aliphatic carbocycles. The van der Waals surface area contributed by atoms with Gasteiger partial charge in [-0.05, 0) is 90.8 Å². The molecule has 1 heterocycles. The molecule has 1 aliphatic heterocycles. The van der Waals surface area contributed by atoms with Gasteiger partial charge in [0.05, 0.1) is 11.6 Å². The number of aryl methyl sites for hydroxylation is 1. The van der Waals surface area contributed by atoms with Crippen LogP contribution in [0, 0.1) is 23.7 Å². The second-order valence-corrected chi connectivity index (χ2v) is 13.5. The topological polar surface area (TPSA) is 70.0 Å². The first kappa shape index (κ1) is 29.9. The number of carboxylic acids is 1. The van der Waals surface area contributed by atoms with Crippen LogP contribution in [0.4, 0.5) is 0 Å². The van der Waals surface area contributed by atoms with Gasteiger partial charge in [0.25, 0.3) is 5.91 Å². The molecule has 2 aromatic rings. The van der Waals surface area contributed by atoms with Gasteiger partial charge in [0, 0.05) is 10.6 Å². The second-order valence-electron chi connectivity index (χ2n) is 13.1. The van der Waals surface area contributed by atoms with Crippen LogP contribution < -0.4 is 0 Å². The summed E-state index contributed by atoms with van der Waals surface area (Å²) in [5.74, 6) is -0.604. The van der Waals surface area contributed by atoms with Crippen molar-refractivity contribution in [3.8, 4) is 0 Å². The van der Waals surface area contributed by atoms with Crippen molar-refractivity contribution in [1.29, 1.82) is 0 Å². The normalized spacial score (nSPS) is 17.9. The highest BCUT2D eigenvalue weighted by atomic mass is 35.5. The van der Waals surface area contributed by atoms with Crippen LogP contribution in [-0.2, 0) is 4.79 Å². The SMILES string of the molecule is Cc1cc(Cl)cc(C2=NC(CCC(C)C(C)(C)C)N(C(CCC(C)(C)C)c3ccc(C(=O)O)cc3)C2=O)c1. The maximum Gasteiger partial charge on any atom is 0.335 e. The minimum absolute atomic E-state index is 0.0754. The zero-order valence-corrected chi connectivity index (χ0v) is 24.9. The first-order valence-electron chi connectivity index (χ1n) is 13.6. The number of aliphatic imine (C=N–C) groups is 1. The summed E-state index contributed by atoms with van der Waals surface area (Å²) in [6.45, 7) is 17.5. The molecule has 3 rings (SSSR count). The summed E-state index contributed by atoms with van der Waals surface area (Å²) >= 11 is 6.37. The number of carboxylic acid groups (broad SMARTS) is 1. The monoisotopic (exact) mass is 538 g/mol. The predicted octanol–water partition coefficient (Wildman–Crippen LogP) is 8.33. The van der Waals surface area contributed by atoms with E-state index >= 15 is 0 Å². The number of benzene rings is 2. The molecule has 0 fully saturated rings. The van der Waals surface area contributed by atoms with Gasteiger partial charge in [-0.25, -0.2) is 4.79 Å². The number of hydrogen-bond acceptors (Lipinski definition) is 3. The van der Waals surface area contributed by atoms with E-state index in [1.54, 1.807) is 12.1 Å². The fourth-order valence-corrected chi connectivity index (χ4v) is 5.15. The Morgan fingerprint density at radius 2 is 1.68 bits per heavy atom. The van der Waals surface area contributed by atoms with Gasteiger partial charge < -0.3 is 10.0 Å². The number of nitrogens with zero attached hydrogens (tertiary/aromatic N) is 2. The molecular weight excluding hydrogens is 496 g/mol. The van der Waals surface area contributed by atoms with Crippen molar-refractivity contribution < 1.29 is 14.7 Å². The second kappa shape index (κ2) is 11.6. The van der Waals surface area contributed by atoms with E-state index in [1.807, 2.05) is 42.2 Å². The fraction of sp³-hybridized carbons (Fsp3) is 0.531. The number of carbonyl (C=O) groups excluding carboxylic acids is 1. The Kier molecular flexibility index (Phi) is 9.13. The lowest BCUT2D eigenvalue weighted by Crippen LogP contribution is -2.40. The molecule has 1 aliphatic rings. The van der Waals surface area contributed by atoms with Gasteiger partial charge in [0.1, 0.15) is 11.9 Å². The van der Waals surface area contributed by atoms with E-state index in [4.69, 9.17) is 16.6 Å². The highest BCUT2D eigenvalue weighted by Crippen LogP contribution is 2.38. The summed E-state index contributed by atoms with van der Waals surface area (Å²) in [6.07, 6.45) is 3.05. The Morgan fingerprint density at radius 1 is 1.05 bits per heavy atom.